The molecule has 0 saturated heterocycles. The van der Waals surface area contributed by atoms with Gasteiger partial charge in [0.1, 0.15) is 6.10 Å². The lowest BCUT2D eigenvalue weighted by molar-refractivity contribution is 0.0338. The Hall–Kier alpha value is -1.74. The number of carbonyl (C=O) groups excluding carboxylic acids is 1. The number of hydrogen-bond acceptors (Lipinski definition) is 3. The van der Waals surface area contributed by atoms with E-state index in [0.29, 0.717) is 11.5 Å². The predicted octanol–water partition coefficient (Wildman–Crippen LogP) is 5.41. The Morgan fingerprint density at radius 3 is 2.09 bits per heavy atom. The lowest BCUT2D eigenvalue weighted by Crippen LogP contribution is -2.09. The quantitative estimate of drug-likeness (QED) is 0.590. The van der Waals surface area contributed by atoms with Crippen molar-refractivity contribution in [2.75, 3.05) is 0 Å². The van der Waals surface area contributed by atoms with Crippen LogP contribution in [0.4, 0.5) is 0 Å². The molecule has 0 fully saturated rings. The summed E-state index contributed by atoms with van der Waals surface area (Å²) >= 11 is 4.25. The van der Waals surface area contributed by atoms with Gasteiger partial charge in [0.05, 0.1) is 5.56 Å². The number of carbonyl (C=O) groups is 1. The molecular formula is C19H22O2S. The van der Waals surface area contributed by atoms with E-state index < -0.39 is 0 Å². The van der Waals surface area contributed by atoms with Crippen LogP contribution in [0.2, 0.25) is 0 Å². The van der Waals surface area contributed by atoms with Crippen LogP contribution in [-0.2, 0) is 4.74 Å². The Labute approximate surface area is 137 Å². The number of esters is 1. The zero-order chi connectivity index (χ0) is 16.1. The van der Waals surface area contributed by atoms with Crippen molar-refractivity contribution in [3.63, 3.8) is 0 Å². The normalized spacial score (nSPS) is 13.5. The van der Waals surface area contributed by atoms with Gasteiger partial charge in [0.15, 0.2) is 0 Å². The van der Waals surface area contributed by atoms with Crippen LogP contribution in [0, 0.1) is 0 Å². The highest BCUT2D eigenvalue weighted by Crippen LogP contribution is 2.22. The highest BCUT2D eigenvalue weighted by atomic mass is 32.1. The van der Waals surface area contributed by atoms with Crippen molar-refractivity contribution < 1.29 is 9.53 Å². The average molecular weight is 314 g/mol. The van der Waals surface area contributed by atoms with Gasteiger partial charge in [-0.25, -0.2) is 4.79 Å². The summed E-state index contributed by atoms with van der Waals surface area (Å²) in [7, 11) is 0. The van der Waals surface area contributed by atoms with Crippen LogP contribution in [0.1, 0.15) is 60.7 Å². The van der Waals surface area contributed by atoms with Gasteiger partial charge in [0, 0.05) is 4.90 Å². The maximum atomic E-state index is 12.2. The van der Waals surface area contributed by atoms with Crippen LogP contribution in [0.25, 0.3) is 0 Å². The molecule has 2 unspecified atom stereocenters. The summed E-state index contributed by atoms with van der Waals surface area (Å²) in [5, 5.41) is 0. The minimum Gasteiger partial charge on any atom is -0.454 e. The number of rotatable bonds is 5. The molecule has 2 aromatic rings. The topological polar surface area (TPSA) is 26.3 Å². The first kappa shape index (κ1) is 16.6. The van der Waals surface area contributed by atoms with E-state index in [1.54, 1.807) is 0 Å². The van der Waals surface area contributed by atoms with E-state index in [4.69, 9.17) is 4.74 Å². The summed E-state index contributed by atoms with van der Waals surface area (Å²) in [6.07, 6.45) is 0.804. The Morgan fingerprint density at radius 2 is 1.55 bits per heavy atom. The van der Waals surface area contributed by atoms with E-state index in [0.717, 1.165) is 16.9 Å². The smallest absolute Gasteiger partial charge is 0.338 e. The Bertz CT molecular complexity index is 617. The fraction of sp³-hybridized carbons (Fsp3) is 0.316. The molecule has 0 aromatic heterocycles. The summed E-state index contributed by atoms with van der Waals surface area (Å²) in [6.45, 7) is 6.21. The summed E-state index contributed by atoms with van der Waals surface area (Å²) in [5.41, 5.74) is 2.79. The maximum Gasteiger partial charge on any atom is 0.338 e. The van der Waals surface area contributed by atoms with Gasteiger partial charge in [-0.05, 0) is 54.7 Å². The monoisotopic (exact) mass is 314 g/mol. The second-order valence-corrected chi connectivity index (χ2v) is 6.09. The second kappa shape index (κ2) is 7.50. The van der Waals surface area contributed by atoms with E-state index in [-0.39, 0.29) is 12.1 Å². The largest absolute Gasteiger partial charge is 0.454 e. The lowest BCUT2D eigenvalue weighted by Gasteiger charge is -2.14. The van der Waals surface area contributed by atoms with Crippen molar-refractivity contribution in [3.8, 4) is 0 Å². The van der Waals surface area contributed by atoms with Crippen LogP contribution in [0.15, 0.2) is 53.4 Å². The lowest BCUT2D eigenvalue weighted by atomic mass is 9.98. The molecule has 0 aliphatic rings. The minimum absolute atomic E-state index is 0.282. The molecule has 3 heteroatoms. The van der Waals surface area contributed by atoms with Crippen LogP contribution in [0.3, 0.4) is 0 Å². The molecule has 0 radical (unpaired) electrons. The molecule has 2 nitrogen and oxygen atoms in total. The molecule has 2 rings (SSSR count). The van der Waals surface area contributed by atoms with Gasteiger partial charge in [-0.3, -0.25) is 0 Å². The fourth-order valence-corrected chi connectivity index (χ4v) is 2.37. The highest BCUT2D eigenvalue weighted by Gasteiger charge is 2.14. The Kier molecular flexibility index (Phi) is 5.67. The minimum atomic E-state index is -0.293. The first-order valence-electron chi connectivity index (χ1n) is 7.61. The van der Waals surface area contributed by atoms with Crippen LogP contribution in [-0.4, -0.2) is 5.97 Å². The van der Waals surface area contributed by atoms with Crippen molar-refractivity contribution in [1.82, 2.24) is 0 Å². The van der Waals surface area contributed by atoms with E-state index in [1.165, 1.54) is 5.56 Å². The van der Waals surface area contributed by atoms with Crippen molar-refractivity contribution in [2.45, 2.75) is 44.1 Å². The number of benzene rings is 2. The number of hydrogen-bond donors (Lipinski definition) is 1. The van der Waals surface area contributed by atoms with Crippen LogP contribution < -0.4 is 0 Å². The van der Waals surface area contributed by atoms with Gasteiger partial charge in [-0.15, -0.1) is 12.6 Å². The zero-order valence-electron chi connectivity index (χ0n) is 13.2. The number of ether oxygens (including phenoxy) is 1. The fourth-order valence-electron chi connectivity index (χ4n) is 2.23. The van der Waals surface area contributed by atoms with E-state index >= 15 is 0 Å². The molecule has 22 heavy (non-hydrogen) atoms. The summed E-state index contributed by atoms with van der Waals surface area (Å²) < 4.78 is 5.53. The van der Waals surface area contributed by atoms with E-state index in [9.17, 15) is 4.79 Å². The van der Waals surface area contributed by atoms with Crippen LogP contribution in [0.5, 0.6) is 0 Å². The molecule has 0 bridgehead atoms. The van der Waals surface area contributed by atoms with Crippen molar-refractivity contribution in [2.24, 2.45) is 0 Å². The highest BCUT2D eigenvalue weighted by molar-refractivity contribution is 7.80. The molecule has 0 saturated carbocycles. The molecule has 0 N–H and O–H groups in total. The molecular weight excluding hydrogens is 292 g/mol. The third-order valence-electron chi connectivity index (χ3n) is 3.97. The van der Waals surface area contributed by atoms with Crippen LogP contribution >= 0.6 is 12.6 Å². The van der Waals surface area contributed by atoms with Gasteiger partial charge in [0.25, 0.3) is 0 Å². The molecule has 2 aromatic carbocycles. The van der Waals surface area contributed by atoms with E-state index in [1.807, 2.05) is 55.5 Å². The standard InChI is InChI=1S/C19H22O2S/c1-4-13(2)15-5-7-17(8-6-15)19(20)21-14(3)16-9-11-18(22)12-10-16/h5-14,22H,4H2,1-3H3. The van der Waals surface area contributed by atoms with E-state index in [2.05, 4.69) is 26.5 Å². The molecule has 116 valence electrons. The first-order chi connectivity index (χ1) is 10.5. The molecule has 0 aliphatic heterocycles. The zero-order valence-corrected chi connectivity index (χ0v) is 14.1. The average Bonchev–Trinajstić information content (AvgIpc) is 2.54. The van der Waals surface area contributed by atoms with Gasteiger partial charge in [-0.2, -0.15) is 0 Å². The van der Waals surface area contributed by atoms with Gasteiger partial charge < -0.3 is 4.74 Å². The summed E-state index contributed by atoms with van der Waals surface area (Å²) in [4.78, 5) is 13.1. The predicted molar refractivity (Wildman–Crippen MR) is 92.7 cm³/mol. The van der Waals surface area contributed by atoms with Crippen molar-refractivity contribution in [3.05, 3.63) is 65.2 Å². The van der Waals surface area contributed by atoms with Crippen molar-refractivity contribution >= 4 is 18.6 Å². The molecule has 0 spiro atoms. The van der Waals surface area contributed by atoms with Gasteiger partial charge >= 0.3 is 5.97 Å². The third kappa shape index (κ3) is 4.14. The number of thiol groups is 1. The molecule has 0 aliphatic carbocycles. The molecule has 2 atom stereocenters. The summed E-state index contributed by atoms with van der Waals surface area (Å²) in [6, 6.07) is 15.3. The summed E-state index contributed by atoms with van der Waals surface area (Å²) in [5.74, 6) is 0.210. The third-order valence-corrected chi connectivity index (χ3v) is 4.27. The SMILES string of the molecule is CCC(C)c1ccc(C(=O)OC(C)c2ccc(S)cc2)cc1. The second-order valence-electron chi connectivity index (χ2n) is 5.57. The Morgan fingerprint density at radius 1 is 1.00 bits per heavy atom. The van der Waals surface area contributed by atoms with Gasteiger partial charge in [-0.1, -0.05) is 38.1 Å². The maximum absolute atomic E-state index is 12.2. The molecule has 0 heterocycles. The van der Waals surface area contributed by atoms with Crippen molar-refractivity contribution in [1.29, 1.82) is 0 Å². The molecule has 0 amide bonds. The Balaban J connectivity index is 2.03. The first-order valence-corrected chi connectivity index (χ1v) is 8.05. The van der Waals surface area contributed by atoms with Gasteiger partial charge in [0.2, 0.25) is 0 Å².